The van der Waals surface area contributed by atoms with Gasteiger partial charge in [-0.15, -0.1) is 0 Å². The predicted octanol–water partition coefficient (Wildman–Crippen LogP) is 1.68. The largest absolute Gasteiger partial charge is 0.341 e. The number of aromatic nitrogens is 1. The number of nitrogens with zero attached hydrogens (tertiary/aromatic N) is 2. The van der Waals surface area contributed by atoms with Crippen LogP contribution >= 0.6 is 0 Å². The van der Waals surface area contributed by atoms with Crippen LogP contribution in [0.3, 0.4) is 0 Å². The summed E-state index contributed by atoms with van der Waals surface area (Å²) in [5, 5.41) is 10.9. The Morgan fingerprint density at radius 1 is 1.12 bits per heavy atom. The van der Waals surface area contributed by atoms with Crippen molar-refractivity contribution in [1.29, 1.82) is 0 Å². The van der Waals surface area contributed by atoms with Crippen molar-refractivity contribution in [2.75, 3.05) is 0 Å². The van der Waals surface area contributed by atoms with Gasteiger partial charge < -0.3 is 0 Å². The summed E-state index contributed by atoms with van der Waals surface area (Å²) < 4.78 is 1.56. The molecular weight excluding hydrogens is 220 g/mol. The van der Waals surface area contributed by atoms with Gasteiger partial charge in [0.25, 0.3) is 5.69 Å². The highest BCUT2D eigenvalue weighted by molar-refractivity contribution is 5.82. The third-order valence-electron chi connectivity index (χ3n) is 2.34. The fourth-order valence-electron chi connectivity index (χ4n) is 1.62. The Morgan fingerprint density at radius 3 is 2.41 bits per heavy atom. The molecule has 0 N–H and O–H groups in total. The molecule has 0 atom stereocenters. The van der Waals surface area contributed by atoms with Gasteiger partial charge in [-0.05, 0) is 6.07 Å². The second kappa shape index (κ2) is 4.52. The number of carbonyl (C=O) groups is 1. The first-order chi connectivity index (χ1) is 8.24. The van der Waals surface area contributed by atoms with Crippen molar-refractivity contribution in [3.63, 3.8) is 0 Å². The molecular formula is C12H9N2O3+. The van der Waals surface area contributed by atoms with Crippen LogP contribution in [0.5, 0.6) is 0 Å². The molecule has 84 valence electrons. The smallest absolute Gasteiger partial charge is 0.298 e. The molecule has 0 fully saturated rings. The lowest BCUT2D eigenvalue weighted by atomic mass is 10.1. The molecule has 17 heavy (non-hydrogen) atoms. The highest BCUT2D eigenvalue weighted by Crippen LogP contribution is 2.20. The van der Waals surface area contributed by atoms with E-state index < -0.39 is 4.92 Å². The Labute approximate surface area is 97.1 Å². The first-order valence-electron chi connectivity index (χ1n) is 4.93. The molecule has 0 bridgehead atoms. The fraction of sp³-hybridized carbons (Fsp3) is 0. The van der Waals surface area contributed by atoms with E-state index in [1.807, 2.05) is 0 Å². The van der Waals surface area contributed by atoms with Gasteiger partial charge >= 0.3 is 5.69 Å². The van der Waals surface area contributed by atoms with Gasteiger partial charge in [-0.3, -0.25) is 14.9 Å². The second-order valence-corrected chi connectivity index (χ2v) is 3.37. The van der Waals surface area contributed by atoms with E-state index in [1.165, 1.54) is 12.1 Å². The predicted molar refractivity (Wildman–Crippen MR) is 60.0 cm³/mol. The Balaban J connectivity index is 2.73. The Morgan fingerprint density at radius 2 is 1.82 bits per heavy atom. The van der Waals surface area contributed by atoms with Crippen LogP contribution in [-0.2, 0) is 0 Å². The number of para-hydroxylation sites is 1. The normalized spacial score (nSPS) is 9.88. The van der Waals surface area contributed by atoms with Crippen molar-refractivity contribution in [1.82, 2.24) is 0 Å². The molecule has 0 unspecified atom stereocenters. The van der Waals surface area contributed by atoms with Crippen molar-refractivity contribution >= 4 is 12.0 Å². The summed E-state index contributed by atoms with van der Waals surface area (Å²) in [4.78, 5) is 21.4. The summed E-state index contributed by atoms with van der Waals surface area (Å²) >= 11 is 0. The van der Waals surface area contributed by atoms with E-state index in [9.17, 15) is 14.9 Å². The first-order valence-corrected chi connectivity index (χ1v) is 4.93. The maximum atomic E-state index is 10.9. The molecule has 0 aliphatic carbocycles. The minimum absolute atomic E-state index is 0.0919. The van der Waals surface area contributed by atoms with Gasteiger partial charge in [-0.1, -0.05) is 12.1 Å². The SMILES string of the molecule is O=Cc1cccc([N+](=O)[O-])c1-[n+]1ccccc1. The molecule has 0 saturated carbocycles. The minimum atomic E-state index is -0.498. The average molecular weight is 229 g/mol. The monoisotopic (exact) mass is 229 g/mol. The quantitative estimate of drug-likeness (QED) is 0.348. The zero-order chi connectivity index (χ0) is 12.3. The number of carbonyl (C=O) groups excluding carboxylic acids is 1. The summed E-state index contributed by atoms with van der Waals surface area (Å²) in [6, 6.07) is 9.70. The number of rotatable bonds is 3. The highest BCUT2D eigenvalue weighted by Gasteiger charge is 2.25. The molecule has 2 rings (SSSR count). The van der Waals surface area contributed by atoms with Gasteiger partial charge in [0.05, 0.1) is 10.5 Å². The number of hydrogen-bond donors (Lipinski definition) is 0. The Hall–Kier alpha value is -2.56. The van der Waals surface area contributed by atoms with Crippen LogP contribution in [0, 0.1) is 10.1 Å². The molecule has 1 aromatic heterocycles. The molecule has 0 amide bonds. The Kier molecular flexibility index (Phi) is 2.91. The molecule has 1 heterocycles. The standard InChI is InChI=1S/C12H9N2O3/c15-9-10-5-4-6-11(14(16)17)12(10)13-7-2-1-3-8-13/h1-9H/q+1. The molecule has 1 aromatic carbocycles. The van der Waals surface area contributed by atoms with Crippen LogP contribution in [0.2, 0.25) is 0 Å². The zero-order valence-corrected chi connectivity index (χ0v) is 8.82. The van der Waals surface area contributed by atoms with E-state index in [-0.39, 0.29) is 16.9 Å². The zero-order valence-electron chi connectivity index (χ0n) is 8.82. The molecule has 0 spiro atoms. The summed E-state index contributed by atoms with van der Waals surface area (Å²) in [6.07, 6.45) is 3.94. The molecule has 0 aliphatic rings. The summed E-state index contributed by atoms with van der Waals surface area (Å²) in [5.41, 5.74) is 0.481. The van der Waals surface area contributed by atoms with Gasteiger partial charge in [0, 0.05) is 18.2 Å². The van der Waals surface area contributed by atoms with Crippen molar-refractivity contribution in [2.45, 2.75) is 0 Å². The number of pyridine rings is 1. The maximum absolute atomic E-state index is 10.9. The molecule has 5 heteroatoms. The van der Waals surface area contributed by atoms with Gasteiger partial charge in [0.1, 0.15) is 0 Å². The number of aldehydes is 1. The van der Waals surface area contributed by atoms with Crippen LogP contribution in [0.4, 0.5) is 5.69 Å². The van der Waals surface area contributed by atoms with Crippen LogP contribution in [0.15, 0.2) is 48.8 Å². The third kappa shape index (κ3) is 2.03. The topological polar surface area (TPSA) is 64.1 Å². The van der Waals surface area contributed by atoms with Gasteiger partial charge in [-0.25, -0.2) is 0 Å². The van der Waals surface area contributed by atoms with E-state index in [1.54, 1.807) is 41.2 Å². The lowest BCUT2D eigenvalue weighted by Gasteiger charge is -1.99. The number of benzene rings is 1. The molecule has 2 aromatic rings. The van der Waals surface area contributed by atoms with Gasteiger partial charge in [0.15, 0.2) is 18.7 Å². The van der Waals surface area contributed by atoms with E-state index in [0.29, 0.717) is 6.29 Å². The summed E-state index contributed by atoms with van der Waals surface area (Å²) in [6.45, 7) is 0. The number of nitro groups is 1. The van der Waals surface area contributed by atoms with Crippen molar-refractivity contribution in [3.05, 3.63) is 64.5 Å². The van der Waals surface area contributed by atoms with Gasteiger partial charge in [-0.2, -0.15) is 4.57 Å². The van der Waals surface area contributed by atoms with E-state index >= 15 is 0 Å². The van der Waals surface area contributed by atoms with E-state index in [2.05, 4.69) is 0 Å². The lowest BCUT2D eigenvalue weighted by molar-refractivity contribution is -0.601. The molecule has 0 radical (unpaired) electrons. The third-order valence-corrected chi connectivity index (χ3v) is 2.34. The second-order valence-electron chi connectivity index (χ2n) is 3.37. The fourth-order valence-corrected chi connectivity index (χ4v) is 1.62. The summed E-state index contributed by atoms with van der Waals surface area (Å²) in [5.74, 6) is 0. The van der Waals surface area contributed by atoms with Crippen molar-refractivity contribution < 1.29 is 14.3 Å². The number of nitro benzene ring substituents is 1. The van der Waals surface area contributed by atoms with E-state index in [4.69, 9.17) is 0 Å². The lowest BCUT2D eigenvalue weighted by Crippen LogP contribution is -2.31. The molecule has 0 saturated heterocycles. The van der Waals surface area contributed by atoms with E-state index in [0.717, 1.165) is 0 Å². The average Bonchev–Trinajstić information content (AvgIpc) is 2.38. The van der Waals surface area contributed by atoms with Crippen molar-refractivity contribution in [3.8, 4) is 5.69 Å². The van der Waals surface area contributed by atoms with Gasteiger partial charge in [0.2, 0.25) is 0 Å². The Bertz CT molecular complexity index is 567. The number of hydrogen-bond acceptors (Lipinski definition) is 3. The highest BCUT2D eigenvalue weighted by atomic mass is 16.6. The van der Waals surface area contributed by atoms with Crippen molar-refractivity contribution in [2.24, 2.45) is 0 Å². The minimum Gasteiger partial charge on any atom is -0.298 e. The molecule has 0 aliphatic heterocycles. The first kappa shape index (κ1) is 10.9. The van der Waals surface area contributed by atoms with Crippen LogP contribution in [-0.4, -0.2) is 11.2 Å². The molecule has 5 nitrogen and oxygen atoms in total. The maximum Gasteiger partial charge on any atom is 0.341 e. The van der Waals surface area contributed by atoms with Crippen LogP contribution in [0.25, 0.3) is 5.69 Å². The summed E-state index contributed by atoms with van der Waals surface area (Å²) in [7, 11) is 0. The van der Waals surface area contributed by atoms with Crippen LogP contribution < -0.4 is 4.57 Å². The van der Waals surface area contributed by atoms with Crippen LogP contribution in [0.1, 0.15) is 10.4 Å².